The van der Waals surface area contributed by atoms with Crippen molar-refractivity contribution in [2.24, 2.45) is 0 Å². The monoisotopic (exact) mass is 344 g/mol. The average Bonchev–Trinajstić information content (AvgIpc) is 3.18. The molecule has 1 aliphatic carbocycles. The van der Waals surface area contributed by atoms with Crippen molar-refractivity contribution in [3.63, 3.8) is 0 Å². The van der Waals surface area contributed by atoms with Crippen molar-refractivity contribution < 1.29 is 9.21 Å². The normalized spacial score (nSPS) is 18.7. The second-order valence-corrected chi connectivity index (χ2v) is 6.84. The number of carbonyl (C=O) groups is 1. The number of oxazole rings is 1. The summed E-state index contributed by atoms with van der Waals surface area (Å²) in [6.45, 7) is 6.48. The van der Waals surface area contributed by atoms with Crippen LogP contribution in [0.5, 0.6) is 0 Å². The van der Waals surface area contributed by atoms with Gasteiger partial charge in [0.2, 0.25) is 5.89 Å². The molecule has 3 heterocycles. The second-order valence-electron chi connectivity index (χ2n) is 6.84. The van der Waals surface area contributed by atoms with Crippen molar-refractivity contribution in [1.29, 1.82) is 0 Å². The average molecular weight is 344 g/mol. The molecule has 2 aromatic heterocycles. The maximum absolute atomic E-state index is 12.6. The van der Waals surface area contributed by atoms with E-state index >= 15 is 0 Å². The fourth-order valence-electron chi connectivity index (χ4n) is 3.07. The van der Waals surface area contributed by atoms with E-state index in [-0.39, 0.29) is 5.91 Å². The molecular weight excluding hydrogens is 320 g/mol. The SMILES string of the molecule is Cc1ncc(CN2CCN(C(=O)c3coc(CNC4CC4)n3)CC2)[nH]1. The lowest BCUT2D eigenvalue weighted by Crippen LogP contribution is -2.48. The lowest BCUT2D eigenvalue weighted by molar-refractivity contribution is 0.0621. The van der Waals surface area contributed by atoms with Crippen LogP contribution in [0.4, 0.5) is 0 Å². The summed E-state index contributed by atoms with van der Waals surface area (Å²) >= 11 is 0. The van der Waals surface area contributed by atoms with Crippen LogP contribution in [0.3, 0.4) is 0 Å². The van der Waals surface area contributed by atoms with Crippen molar-refractivity contribution in [2.45, 2.75) is 38.9 Å². The summed E-state index contributed by atoms with van der Waals surface area (Å²) in [7, 11) is 0. The summed E-state index contributed by atoms with van der Waals surface area (Å²) in [5, 5.41) is 3.34. The Kier molecular flexibility index (Phi) is 4.54. The first-order valence-electron chi connectivity index (χ1n) is 8.87. The number of hydrogen-bond acceptors (Lipinski definition) is 6. The van der Waals surface area contributed by atoms with Gasteiger partial charge in [0.05, 0.1) is 6.54 Å². The molecule has 2 aromatic rings. The molecule has 1 saturated carbocycles. The molecule has 0 spiro atoms. The molecule has 0 radical (unpaired) electrons. The zero-order chi connectivity index (χ0) is 17.2. The number of carbonyl (C=O) groups excluding carboxylic acids is 1. The molecule has 1 amide bonds. The van der Waals surface area contributed by atoms with Gasteiger partial charge in [-0.05, 0) is 19.8 Å². The number of hydrogen-bond donors (Lipinski definition) is 2. The summed E-state index contributed by atoms with van der Waals surface area (Å²) in [5.74, 6) is 1.48. The molecule has 8 heteroatoms. The third kappa shape index (κ3) is 4.08. The van der Waals surface area contributed by atoms with Crippen molar-refractivity contribution >= 4 is 5.91 Å². The zero-order valence-electron chi connectivity index (χ0n) is 14.5. The maximum atomic E-state index is 12.6. The molecule has 4 rings (SSSR count). The van der Waals surface area contributed by atoms with Gasteiger partial charge in [0.25, 0.3) is 5.91 Å². The molecular formula is C17H24N6O2. The Morgan fingerprint density at radius 1 is 1.36 bits per heavy atom. The quantitative estimate of drug-likeness (QED) is 0.810. The smallest absolute Gasteiger partial charge is 0.275 e. The van der Waals surface area contributed by atoms with E-state index in [1.54, 1.807) is 0 Å². The standard InChI is InChI=1S/C17H24N6O2/c1-12-18-8-14(20-12)10-22-4-6-23(7-5-22)17(24)15-11-25-16(21-15)9-19-13-2-3-13/h8,11,13,19H,2-7,9-10H2,1H3,(H,18,20). The minimum atomic E-state index is -0.0431. The number of piperazine rings is 1. The van der Waals surface area contributed by atoms with Gasteiger partial charge in [0, 0.05) is 50.7 Å². The number of aromatic amines is 1. The van der Waals surface area contributed by atoms with Gasteiger partial charge >= 0.3 is 0 Å². The van der Waals surface area contributed by atoms with Crippen LogP contribution in [-0.4, -0.2) is 62.9 Å². The predicted octanol–water partition coefficient (Wildman–Crippen LogP) is 0.916. The lowest BCUT2D eigenvalue weighted by atomic mass is 10.2. The molecule has 2 fully saturated rings. The number of rotatable bonds is 6. The van der Waals surface area contributed by atoms with E-state index in [4.69, 9.17) is 4.42 Å². The summed E-state index contributed by atoms with van der Waals surface area (Å²) in [6, 6.07) is 0.595. The Labute approximate surface area is 146 Å². The summed E-state index contributed by atoms with van der Waals surface area (Å²) < 4.78 is 5.41. The maximum Gasteiger partial charge on any atom is 0.275 e. The van der Waals surface area contributed by atoms with Crippen LogP contribution in [0, 0.1) is 6.92 Å². The van der Waals surface area contributed by atoms with Gasteiger partial charge in [0.1, 0.15) is 12.1 Å². The highest BCUT2D eigenvalue weighted by Crippen LogP contribution is 2.19. The molecule has 0 aromatic carbocycles. The Balaban J connectivity index is 1.27. The van der Waals surface area contributed by atoms with Gasteiger partial charge in [-0.2, -0.15) is 0 Å². The van der Waals surface area contributed by atoms with Gasteiger partial charge in [0.15, 0.2) is 5.69 Å². The third-order valence-electron chi connectivity index (χ3n) is 4.70. The van der Waals surface area contributed by atoms with Crippen molar-refractivity contribution in [1.82, 2.24) is 30.1 Å². The highest BCUT2D eigenvalue weighted by atomic mass is 16.3. The van der Waals surface area contributed by atoms with E-state index in [2.05, 4.69) is 25.2 Å². The van der Waals surface area contributed by atoms with Crippen LogP contribution >= 0.6 is 0 Å². The number of H-pyrrole nitrogens is 1. The van der Waals surface area contributed by atoms with E-state index in [0.29, 0.717) is 37.3 Å². The number of nitrogens with zero attached hydrogens (tertiary/aromatic N) is 4. The minimum absolute atomic E-state index is 0.0431. The number of amides is 1. The first-order valence-corrected chi connectivity index (χ1v) is 8.87. The summed E-state index contributed by atoms with van der Waals surface area (Å²) in [5.41, 5.74) is 1.52. The van der Waals surface area contributed by atoms with Gasteiger partial charge < -0.3 is 19.6 Å². The van der Waals surface area contributed by atoms with Crippen LogP contribution in [-0.2, 0) is 13.1 Å². The van der Waals surface area contributed by atoms with Crippen LogP contribution < -0.4 is 5.32 Å². The molecule has 0 bridgehead atoms. The van der Waals surface area contributed by atoms with Crippen LogP contribution in [0.2, 0.25) is 0 Å². The van der Waals surface area contributed by atoms with Crippen molar-refractivity contribution in [3.8, 4) is 0 Å². The van der Waals surface area contributed by atoms with Crippen LogP contribution in [0.15, 0.2) is 16.9 Å². The van der Waals surface area contributed by atoms with Gasteiger partial charge in [-0.3, -0.25) is 9.69 Å². The lowest BCUT2D eigenvalue weighted by Gasteiger charge is -2.34. The summed E-state index contributed by atoms with van der Waals surface area (Å²) in [4.78, 5) is 28.6. The van der Waals surface area contributed by atoms with E-state index in [0.717, 1.165) is 31.2 Å². The van der Waals surface area contributed by atoms with Gasteiger partial charge in [-0.1, -0.05) is 0 Å². The molecule has 0 atom stereocenters. The molecule has 0 unspecified atom stereocenters. The fourth-order valence-corrected chi connectivity index (χ4v) is 3.07. The molecule has 25 heavy (non-hydrogen) atoms. The Hall–Kier alpha value is -2.19. The van der Waals surface area contributed by atoms with Crippen molar-refractivity contribution in [3.05, 3.63) is 35.6 Å². The molecule has 1 saturated heterocycles. The van der Waals surface area contributed by atoms with Gasteiger partial charge in [-0.15, -0.1) is 0 Å². The molecule has 1 aliphatic heterocycles. The number of nitrogens with one attached hydrogen (secondary N) is 2. The highest BCUT2D eigenvalue weighted by Gasteiger charge is 2.25. The van der Waals surface area contributed by atoms with E-state index in [1.165, 1.54) is 19.1 Å². The van der Waals surface area contributed by atoms with Crippen LogP contribution in [0.1, 0.15) is 40.7 Å². The van der Waals surface area contributed by atoms with Gasteiger partial charge in [-0.25, -0.2) is 9.97 Å². The Morgan fingerprint density at radius 3 is 2.84 bits per heavy atom. The molecule has 134 valence electrons. The van der Waals surface area contributed by atoms with E-state index in [9.17, 15) is 4.79 Å². The van der Waals surface area contributed by atoms with Crippen LogP contribution in [0.25, 0.3) is 0 Å². The summed E-state index contributed by atoms with van der Waals surface area (Å²) in [6.07, 6.45) is 5.79. The zero-order valence-corrected chi connectivity index (χ0v) is 14.5. The largest absolute Gasteiger partial charge is 0.447 e. The number of aromatic nitrogens is 3. The van der Waals surface area contributed by atoms with E-state index in [1.807, 2.05) is 18.0 Å². The first kappa shape index (κ1) is 16.3. The molecule has 2 aliphatic rings. The molecule has 2 N–H and O–H groups in total. The first-order chi connectivity index (χ1) is 12.2. The van der Waals surface area contributed by atoms with Crippen molar-refractivity contribution in [2.75, 3.05) is 26.2 Å². The number of imidazole rings is 1. The predicted molar refractivity (Wildman–Crippen MR) is 90.9 cm³/mol. The Bertz CT molecular complexity index is 727. The number of aryl methyl sites for hydroxylation is 1. The Morgan fingerprint density at radius 2 is 2.16 bits per heavy atom. The van der Waals surface area contributed by atoms with E-state index < -0.39 is 0 Å². The minimum Gasteiger partial charge on any atom is -0.447 e. The molecule has 8 nitrogen and oxygen atoms in total. The fraction of sp³-hybridized carbons (Fsp3) is 0.588. The highest BCUT2D eigenvalue weighted by molar-refractivity contribution is 5.92. The second kappa shape index (κ2) is 6.97. The topological polar surface area (TPSA) is 90.3 Å². The third-order valence-corrected chi connectivity index (χ3v) is 4.70.